The van der Waals surface area contributed by atoms with Crippen molar-refractivity contribution in [3.05, 3.63) is 275 Å². The summed E-state index contributed by atoms with van der Waals surface area (Å²) in [4.78, 5) is 0. The van der Waals surface area contributed by atoms with Gasteiger partial charge in [-0.2, -0.15) is 0 Å². The maximum absolute atomic E-state index is 4.11. The highest BCUT2D eigenvalue weighted by Crippen LogP contribution is 2.50. The van der Waals surface area contributed by atoms with Gasteiger partial charge in [0.25, 0.3) is 0 Å². The summed E-state index contributed by atoms with van der Waals surface area (Å²) in [5, 5.41) is 11.9. The highest BCUT2D eigenvalue weighted by atomic mass is 15.0. The van der Waals surface area contributed by atoms with Crippen LogP contribution in [-0.2, 0) is 0 Å². The molecule has 0 spiro atoms. The molecule has 0 aromatic heterocycles. The van der Waals surface area contributed by atoms with Crippen LogP contribution >= 0.6 is 0 Å². The number of allylic oxidation sites excluding steroid dienone is 2. The molecule has 3 atom stereocenters. The second-order valence-corrected chi connectivity index (χ2v) is 16.2. The predicted octanol–water partition coefficient (Wildman–Crippen LogP) is 14.5. The summed E-state index contributed by atoms with van der Waals surface area (Å²) in [6.45, 7) is 0. The van der Waals surface area contributed by atoms with Gasteiger partial charge in [0.1, 0.15) is 0 Å². The Morgan fingerprint density at radius 1 is 0.306 bits per heavy atom. The van der Waals surface area contributed by atoms with E-state index < -0.39 is 0 Å². The number of dihydropyridines is 1. The molecule has 0 saturated heterocycles. The van der Waals surface area contributed by atoms with Crippen LogP contribution in [0.5, 0.6) is 0 Å². The first-order valence-corrected chi connectivity index (χ1v) is 21.5. The van der Waals surface area contributed by atoms with Crippen molar-refractivity contribution in [1.82, 2.24) is 5.32 Å². The lowest BCUT2D eigenvalue weighted by atomic mass is 9.76. The molecule has 0 bridgehead atoms. The number of hydrogen-bond acceptors (Lipinski definition) is 3. The first-order valence-electron chi connectivity index (χ1n) is 21.5. The fourth-order valence-corrected chi connectivity index (χ4v) is 9.39. The van der Waals surface area contributed by atoms with Gasteiger partial charge in [0.05, 0.1) is 35.2 Å². The summed E-state index contributed by atoms with van der Waals surface area (Å²) in [5.41, 5.74) is 20.1. The van der Waals surface area contributed by atoms with E-state index in [0.717, 1.165) is 22.6 Å². The second-order valence-electron chi connectivity index (χ2n) is 16.2. The first kappa shape index (κ1) is 37.1. The number of rotatable bonds is 8. The molecule has 62 heavy (non-hydrogen) atoms. The van der Waals surface area contributed by atoms with Gasteiger partial charge in [0, 0.05) is 5.57 Å². The summed E-state index contributed by atoms with van der Waals surface area (Å²) in [5.74, 6) is 0. The summed E-state index contributed by atoms with van der Waals surface area (Å²) in [7, 11) is 0. The standard InChI is InChI=1S/C59H45N3/c1-6-18-40(19-7-1)51-36-34-45-32-33-46-35-37-52(61-59(46)58(45)60-51)49-30-16-28-47(38-49)48-29-17-31-50(39-48)53-54(41-20-8-2-9-21-41)56(43-24-12-4-13-25-43)62-57(44-26-14-5-15-27-44)55(53)42-22-10-3-11-23-42/h1-39,51-52,56,60-62H. The fourth-order valence-electron chi connectivity index (χ4n) is 9.39. The number of benzene rings is 8. The molecule has 3 N–H and O–H groups in total. The van der Waals surface area contributed by atoms with Crippen LogP contribution in [0.2, 0.25) is 0 Å². The van der Waals surface area contributed by atoms with Gasteiger partial charge in [-0.05, 0) is 84.5 Å². The number of fused-ring (bicyclic) bond motifs is 3. The quantitative estimate of drug-likeness (QED) is 0.143. The van der Waals surface area contributed by atoms with Gasteiger partial charge in [-0.25, -0.2) is 0 Å². The first-order chi connectivity index (χ1) is 30.7. The Bertz CT molecular complexity index is 3020. The minimum absolute atomic E-state index is 0.00417. The minimum Gasteiger partial charge on any atom is -0.373 e. The number of nitrogens with one attached hydrogen (secondary N) is 3. The van der Waals surface area contributed by atoms with Crippen molar-refractivity contribution in [2.24, 2.45) is 0 Å². The molecule has 3 heterocycles. The molecule has 8 aromatic carbocycles. The molecular formula is C59H45N3. The van der Waals surface area contributed by atoms with Crippen LogP contribution in [0, 0.1) is 0 Å². The molecule has 8 aromatic rings. The SMILES string of the molecule is C1=CC(c2ccccc2)Nc2c1ccc1c2NC(c2cccc(-c3cccc(C4=C(c5ccccc5)C(c5ccccc5)NC(c5ccccc5)=C4c4ccccc4)c3)c2)C=C1. The normalized spacial score (nSPS) is 17.6. The van der Waals surface area contributed by atoms with Crippen molar-refractivity contribution in [2.45, 2.75) is 18.1 Å². The van der Waals surface area contributed by atoms with Crippen molar-refractivity contribution in [3.63, 3.8) is 0 Å². The lowest BCUT2D eigenvalue weighted by Gasteiger charge is -2.36. The van der Waals surface area contributed by atoms with Crippen LogP contribution in [-0.4, -0.2) is 0 Å². The monoisotopic (exact) mass is 795 g/mol. The molecule has 3 heteroatoms. The zero-order valence-electron chi connectivity index (χ0n) is 34.2. The van der Waals surface area contributed by atoms with Gasteiger partial charge in [-0.1, -0.05) is 224 Å². The number of anilines is 2. The Labute approximate surface area is 364 Å². The molecule has 11 rings (SSSR count). The van der Waals surface area contributed by atoms with E-state index in [4.69, 9.17) is 0 Å². The Balaban J connectivity index is 1.03. The minimum atomic E-state index is -0.103. The maximum atomic E-state index is 4.11. The van der Waals surface area contributed by atoms with Crippen LogP contribution in [0.25, 0.3) is 45.7 Å². The molecule has 3 aliphatic rings. The Morgan fingerprint density at radius 3 is 1.37 bits per heavy atom. The molecule has 0 radical (unpaired) electrons. The smallest absolute Gasteiger partial charge is 0.0779 e. The van der Waals surface area contributed by atoms with Gasteiger partial charge < -0.3 is 16.0 Å². The van der Waals surface area contributed by atoms with Crippen molar-refractivity contribution < 1.29 is 0 Å². The van der Waals surface area contributed by atoms with Crippen molar-refractivity contribution in [1.29, 1.82) is 0 Å². The molecule has 296 valence electrons. The van der Waals surface area contributed by atoms with Crippen molar-refractivity contribution >= 4 is 45.9 Å². The van der Waals surface area contributed by atoms with E-state index in [9.17, 15) is 0 Å². The zero-order chi connectivity index (χ0) is 41.2. The van der Waals surface area contributed by atoms with Gasteiger partial charge in [0.2, 0.25) is 0 Å². The van der Waals surface area contributed by atoms with Gasteiger partial charge in [-0.3, -0.25) is 0 Å². The summed E-state index contributed by atoms with van der Waals surface area (Å²) in [6.07, 6.45) is 9.05. The highest BCUT2D eigenvalue weighted by Gasteiger charge is 2.33. The molecule has 0 amide bonds. The topological polar surface area (TPSA) is 36.1 Å². The van der Waals surface area contributed by atoms with E-state index in [1.54, 1.807) is 0 Å². The maximum Gasteiger partial charge on any atom is 0.0779 e. The van der Waals surface area contributed by atoms with Crippen LogP contribution in [0.1, 0.15) is 68.2 Å². The lowest BCUT2D eigenvalue weighted by molar-refractivity contribution is 0.787. The average molecular weight is 796 g/mol. The van der Waals surface area contributed by atoms with Crippen LogP contribution in [0.3, 0.4) is 0 Å². The molecule has 3 aliphatic heterocycles. The molecule has 0 saturated carbocycles. The largest absolute Gasteiger partial charge is 0.373 e. The highest BCUT2D eigenvalue weighted by molar-refractivity contribution is 6.24. The third-order valence-corrected chi connectivity index (χ3v) is 12.4. The molecule has 3 nitrogen and oxygen atoms in total. The van der Waals surface area contributed by atoms with Gasteiger partial charge in [-0.15, -0.1) is 0 Å². The molecular weight excluding hydrogens is 751 g/mol. The van der Waals surface area contributed by atoms with E-state index in [2.05, 4.69) is 253 Å². The fraction of sp³-hybridized carbons (Fsp3) is 0.0508. The van der Waals surface area contributed by atoms with Crippen LogP contribution < -0.4 is 16.0 Å². The van der Waals surface area contributed by atoms with Crippen molar-refractivity contribution in [3.8, 4) is 11.1 Å². The molecule has 0 fully saturated rings. The zero-order valence-corrected chi connectivity index (χ0v) is 34.2. The predicted molar refractivity (Wildman–Crippen MR) is 261 cm³/mol. The lowest BCUT2D eigenvalue weighted by Crippen LogP contribution is -2.27. The van der Waals surface area contributed by atoms with Gasteiger partial charge >= 0.3 is 0 Å². The molecule has 3 unspecified atom stereocenters. The van der Waals surface area contributed by atoms with E-state index in [-0.39, 0.29) is 18.1 Å². The second kappa shape index (κ2) is 16.3. The van der Waals surface area contributed by atoms with Crippen LogP contribution in [0.4, 0.5) is 11.4 Å². The third-order valence-electron chi connectivity index (χ3n) is 12.4. The van der Waals surface area contributed by atoms with E-state index in [0.29, 0.717) is 0 Å². The van der Waals surface area contributed by atoms with E-state index in [1.165, 1.54) is 72.4 Å². The summed E-state index contributed by atoms with van der Waals surface area (Å²) < 4.78 is 0. The Hall–Kier alpha value is -7.88. The third kappa shape index (κ3) is 7.04. The van der Waals surface area contributed by atoms with E-state index >= 15 is 0 Å². The van der Waals surface area contributed by atoms with Gasteiger partial charge in [0.15, 0.2) is 0 Å². The average Bonchev–Trinajstić information content (AvgIpc) is 3.36. The molecule has 0 aliphatic carbocycles. The van der Waals surface area contributed by atoms with Crippen molar-refractivity contribution in [2.75, 3.05) is 10.6 Å². The van der Waals surface area contributed by atoms with Crippen LogP contribution in [0.15, 0.2) is 224 Å². The van der Waals surface area contributed by atoms with E-state index in [1.807, 2.05) is 0 Å². The Morgan fingerprint density at radius 2 is 0.758 bits per heavy atom. The summed E-state index contributed by atoms with van der Waals surface area (Å²) >= 11 is 0. The number of hydrogen-bond donors (Lipinski definition) is 3. The summed E-state index contributed by atoms with van der Waals surface area (Å²) in [6, 6.07) is 76.7. The Kier molecular flexibility index (Phi) is 9.76.